The number of nitrogens with zero attached hydrogens (tertiary/aromatic N) is 4. The molecule has 2 saturated heterocycles. The van der Waals surface area contributed by atoms with Gasteiger partial charge in [0.2, 0.25) is 0 Å². The minimum absolute atomic E-state index is 0.107. The van der Waals surface area contributed by atoms with Crippen molar-refractivity contribution in [3.63, 3.8) is 0 Å². The van der Waals surface area contributed by atoms with Gasteiger partial charge in [0.25, 0.3) is 5.91 Å². The first kappa shape index (κ1) is 32.4. The third kappa shape index (κ3) is 5.16. The molecule has 3 aliphatic heterocycles. The Kier molecular flexibility index (Phi) is 8.06. The smallest absolute Gasteiger partial charge is 0.304 e. The predicted octanol–water partition coefficient (Wildman–Crippen LogP) is 4.97. The van der Waals surface area contributed by atoms with Gasteiger partial charge in [0, 0.05) is 72.8 Å². The molecule has 1 amide bonds. The number of fused-ring (bicyclic) bond motifs is 7. The van der Waals surface area contributed by atoms with Gasteiger partial charge in [-0.05, 0) is 94.0 Å². The Morgan fingerprint density at radius 1 is 1.00 bits per heavy atom. The molecule has 4 fully saturated rings. The topological polar surface area (TPSA) is 104 Å². The van der Waals surface area contributed by atoms with Crippen LogP contribution in [0.2, 0.25) is 0 Å². The number of carbonyl (C=O) groups is 1. The van der Waals surface area contributed by atoms with Gasteiger partial charge in [-0.15, -0.1) is 0 Å². The van der Waals surface area contributed by atoms with Crippen LogP contribution in [-0.4, -0.2) is 93.8 Å². The molecule has 5 unspecified atom stereocenters. The van der Waals surface area contributed by atoms with Gasteiger partial charge < -0.3 is 9.30 Å². The van der Waals surface area contributed by atoms with Crippen LogP contribution >= 0.6 is 0 Å². The summed E-state index contributed by atoms with van der Waals surface area (Å²) in [6.07, 6.45) is 7.40. The van der Waals surface area contributed by atoms with Crippen LogP contribution in [0.5, 0.6) is 5.75 Å². The Bertz CT molecular complexity index is 1900. The van der Waals surface area contributed by atoms with Crippen molar-refractivity contribution in [2.24, 2.45) is 0 Å². The number of likely N-dealkylation sites (N-methyl/N-ethyl adjacent to an activating group) is 1. The lowest BCUT2D eigenvalue weighted by Gasteiger charge is -2.42. The molecule has 48 heavy (non-hydrogen) atoms. The van der Waals surface area contributed by atoms with Crippen molar-refractivity contribution in [3.8, 4) is 17.0 Å². The second-order valence-electron chi connectivity index (χ2n) is 14.8. The molecular formula is C36H47N5O5S2. The first-order chi connectivity index (χ1) is 23.0. The van der Waals surface area contributed by atoms with E-state index in [1.54, 1.807) is 13.2 Å². The molecule has 258 valence electrons. The number of rotatable bonds is 7. The number of aromatic nitrogens is 1. The predicted molar refractivity (Wildman–Crippen MR) is 189 cm³/mol. The van der Waals surface area contributed by atoms with Crippen LogP contribution in [0.4, 0.5) is 0 Å². The van der Waals surface area contributed by atoms with Crippen LogP contribution in [0, 0.1) is 0 Å². The number of carbonyl (C=O) groups excluding carboxylic acids is 1. The number of piperazine rings is 1. The molecule has 2 saturated carbocycles. The zero-order valence-corrected chi connectivity index (χ0v) is 30.0. The average molecular weight is 694 g/mol. The van der Waals surface area contributed by atoms with Gasteiger partial charge >= 0.3 is 10.2 Å². The Morgan fingerprint density at radius 2 is 1.73 bits per heavy atom. The van der Waals surface area contributed by atoms with Crippen molar-refractivity contribution in [2.75, 3.05) is 40.3 Å². The molecule has 2 aliphatic carbocycles. The lowest BCUT2D eigenvalue weighted by molar-refractivity contribution is 0.0977. The quantitative estimate of drug-likeness (QED) is 0.375. The van der Waals surface area contributed by atoms with E-state index in [-0.39, 0.29) is 5.92 Å². The second kappa shape index (κ2) is 11.9. The fourth-order valence-corrected chi connectivity index (χ4v) is 12.2. The van der Waals surface area contributed by atoms with E-state index >= 15 is 0 Å². The fourth-order valence-electron chi connectivity index (χ4n) is 8.84. The molecule has 8 rings (SSSR count). The van der Waals surface area contributed by atoms with Crippen LogP contribution in [0.25, 0.3) is 22.2 Å². The number of amides is 1. The number of benzene rings is 2. The molecule has 0 spiro atoms. The summed E-state index contributed by atoms with van der Waals surface area (Å²) in [5.41, 5.74) is 6.02. The van der Waals surface area contributed by atoms with E-state index in [9.17, 15) is 17.4 Å². The number of ether oxygens (including phenoxy) is 1. The van der Waals surface area contributed by atoms with Crippen LogP contribution in [0.3, 0.4) is 0 Å². The number of hydrogen-bond acceptors (Lipinski definition) is 6. The summed E-state index contributed by atoms with van der Waals surface area (Å²) in [6.45, 7) is 7.31. The molecule has 10 nitrogen and oxygen atoms in total. The Morgan fingerprint density at radius 3 is 2.40 bits per heavy atom. The minimum atomic E-state index is -3.89. The highest BCUT2D eigenvalue weighted by Gasteiger charge is 2.63. The van der Waals surface area contributed by atoms with Crippen LogP contribution in [-0.2, 0) is 27.7 Å². The zero-order chi connectivity index (χ0) is 33.5. The molecule has 0 bridgehead atoms. The van der Waals surface area contributed by atoms with Gasteiger partial charge in [-0.25, -0.2) is 13.2 Å². The van der Waals surface area contributed by atoms with Gasteiger partial charge in [0.05, 0.1) is 17.6 Å². The first-order valence-corrected chi connectivity index (χ1v) is 20.1. The Labute approximate surface area is 286 Å². The summed E-state index contributed by atoms with van der Waals surface area (Å²) in [5, 5.41) is 1.10. The SMILES string of the molecule is COc1ccc2c(c1)C1CC1(S(=O)N1CC(C)N(C)C(C)C1)Cn1c-2c(C2CCCCC2)c2ccc(C(=O)NS(=O)(=O)N3CCC3)cc21. The van der Waals surface area contributed by atoms with E-state index < -0.39 is 31.8 Å². The fraction of sp³-hybridized carbons (Fsp3) is 0.583. The molecular weight excluding hydrogens is 647 g/mol. The first-order valence-electron chi connectivity index (χ1n) is 17.6. The highest BCUT2D eigenvalue weighted by Crippen LogP contribution is 2.63. The molecule has 5 atom stereocenters. The minimum Gasteiger partial charge on any atom is -0.497 e. The highest BCUT2D eigenvalue weighted by atomic mass is 32.2. The van der Waals surface area contributed by atoms with Gasteiger partial charge in [-0.3, -0.25) is 9.69 Å². The van der Waals surface area contributed by atoms with Crippen molar-refractivity contribution in [1.29, 1.82) is 0 Å². The van der Waals surface area contributed by atoms with E-state index in [4.69, 9.17) is 4.74 Å². The molecule has 0 radical (unpaired) electrons. The number of hydrogen-bond donors (Lipinski definition) is 1. The monoisotopic (exact) mass is 693 g/mol. The molecule has 1 N–H and O–H groups in total. The summed E-state index contributed by atoms with van der Waals surface area (Å²) >= 11 is 0. The molecule has 1 aromatic heterocycles. The van der Waals surface area contributed by atoms with Crippen molar-refractivity contribution in [1.82, 2.24) is 22.8 Å². The van der Waals surface area contributed by atoms with E-state index in [2.05, 4.69) is 51.5 Å². The Hall–Kier alpha value is -2.77. The average Bonchev–Trinajstić information content (AvgIpc) is 3.71. The summed E-state index contributed by atoms with van der Waals surface area (Å²) in [4.78, 5) is 15.9. The van der Waals surface area contributed by atoms with Crippen molar-refractivity contribution in [3.05, 3.63) is 53.1 Å². The summed E-state index contributed by atoms with van der Waals surface area (Å²) < 4.78 is 54.1. The van der Waals surface area contributed by atoms with Crippen LogP contribution in [0.15, 0.2) is 36.4 Å². The van der Waals surface area contributed by atoms with Crippen molar-refractivity contribution < 1.29 is 22.2 Å². The third-order valence-corrected chi connectivity index (χ3v) is 15.5. The molecule has 2 aromatic carbocycles. The number of nitrogens with one attached hydrogen (secondary N) is 1. The van der Waals surface area contributed by atoms with E-state index in [0.717, 1.165) is 66.7 Å². The maximum Gasteiger partial charge on any atom is 0.304 e. The van der Waals surface area contributed by atoms with E-state index in [1.165, 1.54) is 34.7 Å². The van der Waals surface area contributed by atoms with Gasteiger partial charge in [0.15, 0.2) is 0 Å². The van der Waals surface area contributed by atoms with Gasteiger partial charge in [-0.2, -0.15) is 12.7 Å². The lowest BCUT2D eigenvalue weighted by atomic mass is 9.81. The highest BCUT2D eigenvalue weighted by molar-refractivity contribution is 7.87. The molecule has 12 heteroatoms. The summed E-state index contributed by atoms with van der Waals surface area (Å²) in [5.74, 6) is 0.652. The van der Waals surface area contributed by atoms with Crippen LogP contribution < -0.4 is 9.46 Å². The second-order valence-corrected chi connectivity index (χ2v) is 18.3. The summed E-state index contributed by atoms with van der Waals surface area (Å²) in [7, 11) is -1.30. The maximum atomic E-state index is 15.0. The maximum absolute atomic E-state index is 15.0. The van der Waals surface area contributed by atoms with Crippen LogP contribution in [0.1, 0.15) is 92.1 Å². The van der Waals surface area contributed by atoms with Gasteiger partial charge in [0.1, 0.15) is 16.7 Å². The van der Waals surface area contributed by atoms with Crippen molar-refractivity contribution >= 4 is 38.0 Å². The Balaban J connectivity index is 1.29. The normalized spacial score (nSPS) is 28.9. The van der Waals surface area contributed by atoms with Crippen molar-refractivity contribution in [2.45, 2.75) is 94.0 Å². The third-order valence-electron chi connectivity index (χ3n) is 12.0. The lowest BCUT2D eigenvalue weighted by Crippen LogP contribution is -2.57. The zero-order valence-electron chi connectivity index (χ0n) is 28.4. The summed E-state index contributed by atoms with van der Waals surface area (Å²) in [6, 6.07) is 12.6. The molecule has 5 aliphatic rings. The molecule has 3 aromatic rings. The largest absolute Gasteiger partial charge is 0.497 e. The standard InChI is InChI=1S/C36H47N5O5S2/c1-23-20-39(21-24(2)38(23)3)47(43)36-19-31(36)30-18-27(46-4)12-14-28(30)34-33(25-9-6-5-7-10-25)29-13-11-26(17-32(29)41(34)22-36)35(42)37-48(44,45)40-15-8-16-40/h11-14,17-18,23-25,31H,5-10,15-16,19-22H2,1-4H3,(H,37,42). The van der Waals surface area contributed by atoms with E-state index in [1.807, 2.05) is 18.2 Å². The van der Waals surface area contributed by atoms with E-state index in [0.29, 0.717) is 43.2 Å². The van der Waals surface area contributed by atoms with Gasteiger partial charge in [-0.1, -0.05) is 25.3 Å². The number of methoxy groups -OCH3 is 1. The molecule has 4 heterocycles.